The molecule has 1 aliphatic heterocycles. The lowest BCUT2D eigenvalue weighted by molar-refractivity contribution is -0.256. The first-order valence-electron chi connectivity index (χ1n) is 14.4. The fourth-order valence-electron chi connectivity index (χ4n) is 7.29. The molecule has 2 aromatic heterocycles. The van der Waals surface area contributed by atoms with Gasteiger partial charge in [-0.2, -0.15) is 0 Å². The Bertz CT molecular complexity index is 1530. The molecule has 1 amide bonds. The van der Waals surface area contributed by atoms with Gasteiger partial charge in [0.05, 0.1) is 23.8 Å². The van der Waals surface area contributed by atoms with Gasteiger partial charge in [-0.25, -0.2) is 0 Å². The first-order valence-corrected chi connectivity index (χ1v) is 15.6. The summed E-state index contributed by atoms with van der Waals surface area (Å²) in [4.78, 5) is 19.6. The predicted molar refractivity (Wildman–Crippen MR) is 161 cm³/mol. The van der Waals surface area contributed by atoms with Crippen LogP contribution in [0.2, 0.25) is 5.02 Å². The zero-order valence-corrected chi connectivity index (χ0v) is 25.8. The van der Waals surface area contributed by atoms with Crippen LogP contribution in [0.25, 0.3) is 5.00 Å². The van der Waals surface area contributed by atoms with E-state index in [0.29, 0.717) is 42.6 Å². The maximum Gasteiger partial charge on any atom is 0.222 e. The molecule has 3 aliphatic carbocycles. The summed E-state index contributed by atoms with van der Waals surface area (Å²) in [6, 6.07) is 7.10. The molecular weight excluding hydrogens is 558 g/mol. The Labute approximate surface area is 249 Å². The standard InChI is InChI=1S/C31H38ClN5O3S/c1-16-17(2)41-29-26(16)27(19-7-9-21(32)10-8-19)34-22(28-36-35-18(3)37(28)29)15-25(39)33-12-6-11-31(40)23-13-20(14-24(31)38)30(23,4)5/h7-10,20,22-24,38,40H,6,11-15H2,1-5H3,(H,33,39)/t20-,22+,23-,24+,31-/m1/s1. The summed E-state index contributed by atoms with van der Waals surface area (Å²) in [7, 11) is 0. The molecule has 0 unspecified atom stereocenters. The van der Waals surface area contributed by atoms with Crippen molar-refractivity contribution in [3.05, 3.63) is 62.5 Å². The van der Waals surface area contributed by atoms with Crippen molar-refractivity contribution in [2.45, 2.75) is 84.5 Å². The fraction of sp³-hybridized carbons (Fsp3) is 0.548. The monoisotopic (exact) mass is 595 g/mol. The van der Waals surface area contributed by atoms with Crippen molar-refractivity contribution < 1.29 is 15.0 Å². The Hall–Kier alpha value is -2.59. The molecule has 3 aromatic rings. The van der Waals surface area contributed by atoms with Crippen molar-refractivity contribution in [3.63, 3.8) is 0 Å². The smallest absolute Gasteiger partial charge is 0.222 e. The van der Waals surface area contributed by atoms with Crippen LogP contribution in [0.15, 0.2) is 29.3 Å². The third kappa shape index (κ3) is 4.65. The van der Waals surface area contributed by atoms with Gasteiger partial charge in [0.25, 0.3) is 0 Å². The maximum atomic E-state index is 13.3. The molecule has 1 aromatic carbocycles. The van der Waals surface area contributed by atoms with Crippen LogP contribution in [-0.2, 0) is 4.79 Å². The summed E-state index contributed by atoms with van der Waals surface area (Å²) in [5, 5.41) is 35.6. The van der Waals surface area contributed by atoms with Crippen molar-refractivity contribution in [1.82, 2.24) is 20.1 Å². The largest absolute Gasteiger partial charge is 0.390 e. The van der Waals surface area contributed by atoms with E-state index in [1.165, 1.54) is 4.88 Å². The van der Waals surface area contributed by atoms with Crippen molar-refractivity contribution in [2.75, 3.05) is 6.54 Å². The molecule has 218 valence electrons. The predicted octanol–water partition coefficient (Wildman–Crippen LogP) is 5.24. The summed E-state index contributed by atoms with van der Waals surface area (Å²) >= 11 is 7.88. The highest BCUT2D eigenvalue weighted by molar-refractivity contribution is 7.15. The number of carbonyl (C=O) groups is 1. The number of benzene rings is 1. The highest BCUT2D eigenvalue weighted by atomic mass is 35.5. The topological polar surface area (TPSA) is 113 Å². The van der Waals surface area contributed by atoms with Gasteiger partial charge in [-0.05, 0) is 81.4 Å². The number of thiophene rings is 1. The van der Waals surface area contributed by atoms with Crippen LogP contribution in [0.5, 0.6) is 0 Å². The van der Waals surface area contributed by atoms with Crippen molar-refractivity contribution in [2.24, 2.45) is 22.2 Å². The van der Waals surface area contributed by atoms with Gasteiger partial charge in [0.1, 0.15) is 16.9 Å². The second-order valence-electron chi connectivity index (χ2n) is 12.6. The normalized spacial score (nSPS) is 27.8. The van der Waals surface area contributed by atoms with E-state index < -0.39 is 17.7 Å². The van der Waals surface area contributed by atoms with E-state index in [0.717, 1.165) is 39.6 Å². The fourth-order valence-corrected chi connectivity index (χ4v) is 8.63. The average Bonchev–Trinajstić information content (AvgIpc) is 3.40. The van der Waals surface area contributed by atoms with Crippen molar-refractivity contribution in [1.29, 1.82) is 0 Å². The van der Waals surface area contributed by atoms with Crippen LogP contribution in [0.4, 0.5) is 0 Å². The Morgan fingerprint density at radius 2 is 1.90 bits per heavy atom. The van der Waals surface area contributed by atoms with E-state index >= 15 is 0 Å². The molecule has 8 nitrogen and oxygen atoms in total. The molecule has 5 atom stereocenters. The van der Waals surface area contributed by atoms with Crippen molar-refractivity contribution >= 4 is 34.6 Å². The van der Waals surface area contributed by atoms with Gasteiger partial charge in [0.2, 0.25) is 5.91 Å². The number of hydrogen-bond donors (Lipinski definition) is 3. The summed E-state index contributed by atoms with van der Waals surface area (Å²) in [6.07, 6.45) is 2.08. The van der Waals surface area contributed by atoms with Crippen LogP contribution in [0, 0.1) is 38.0 Å². The number of amides is 1. The highest BCUT2D eigenvalue weighted by Crippen LogP contribution is 2.63. The minimum Gasteiger partial charge on any atom is -0.390 e. The van der Waals surface area contributed by atoms with Crippen LogP contribution >= 0.6 is 22.9 Å². The molecule has 7 rings (SSSR count). The second-order valence-corrected chi connectivity index (χ2v) is 14.3. The molecular formula is C31H38ClN5O3S. The molecule has 4 aliphatic rings. The lowest BCUT2D eigenvalue weighted by Gasteiger charge is -2.65. The zero-order valence-electron chi connectivity index (χ0n) is 24.2. The summed E-state index contributed by atoms with van der Waals surface area (Å²) in [5.41, 5.74) is 2.87. The highest BCUT2D eigenvalue weighted by Gasteiger charge is 2.64. The van der Waals surface area contributed by atoms with E-state index in [-0.39, 0.29) is 23.7 Å². The number of nitrogens with zero attached hydrogens (tertiary/aromatic N) is 4. The van der Waals surface area contributed by atoms with Crippen molar-refractivity contribution in [3.8, 4) is 5.00 Å². The molecule has 3 heterocycles. The van der Waals surface area contributed by atoms with Gasteiger partial charge in [-0.3, -0.25) is 14.4 Å². The number of fused-ring (bicyclic) bond motifs is 5. The Balaban J connectivity index is 1.21. The Morgan fingerprint density at radius 3 is 2.61 bits per heavy atom. The number of aliphatic hydroxyl groups is 2. The zero-order chi connectivity index (χ0) is 29.3. The van der Waals surface area contributed by atoms with Gasteiger partial charge in [0, 0.05) is 27.6 Å². The minimum absolute atomic E-state index is 0.0449. The van der Waals surface area contributed by atoms with Crippen LogP contribution < -0.4 is 5.32 Å². The summed E-state index contributed by atoms with van der Waals surface area (Å²) in [6.45, 7) is 10.9. The van der Waals surface area contributed by atoms with Gasteiger partial charge in [-0.1, -0.05) is 37.6 Å². The van der Waals surface area contributed by atoms with Crippen LogP contribution in [0.3, 0.4) is 0 Å². The molecule has 2 bridgehead atoms. The lowest BCUT2D eigenvalue weighted by atomic mass is 9.43. The molecule has 10 heteroatoms. The maximum absolute atomic E-state index is 13.3. The van der Waals surface area contributed by atoms with Gasteiger partial charge >= 0.3 is 0 Å². The molecule has 0 radical (unpaired) electrons. The molecule has 3 fully saturated rings. The van der Waals surface area contributed by atoms with Gasteiger partial charge in [-0.15, -0.1) is 21.5 Å². The molecule has 0 saturated heterocycles. The molecule has 0 spiro atoms. The van der Waals surface area contributed by atoms with E-state index in [2.05, 4.69) is 43.2 Å². The second kappa shape index (κ2) is 10.3. The Kier molecular flexibility index (Phi) is 7.16. The van der Waals surface area contributed by atoms with E-state index in [1.54, 1.807) is 11.3 Å². The summed E-state index contributed by atoms with van der Waals surface area (Å²) < 4.78 is 2.04. The third-order valence-corrected chi connectivity index (χ3v) is 11.4. The summed E-state index contributed by atoms with van der Waals surface area (Å²) in [5.74, 6) is 1.82. The van der Waals surface area contributed by atoms with Crippen LogP contribution in [-0.4, -0.2) is 54.8 Å². The minimum atomic E-state index is -1.09. The number of rotatable bonds is 7. The van der Waals surface area contributed by atoms with E-state index in [9.17, 15) is 15.0 Å². The Morgan fingerprint density at radius 1 is 1.17 bits per heavy atom. The number of halogens is 1. The number of aliphatic imine (C=N–C) groups is 1. The number of aryl methyl sites for hydroxylation is 2. The number of nitrogens with one attached hydrogen (secondary N) is 1. The average molecular weight is 596 g/mol. The SMILES string of the molecule is Cc1sc2c(c1C)C(c1ccc(Cl)cc1)=N[C@@H](CC(=O)NCCC[C@@]1(O)[C@@H]3C[C@H](C[C@@H]1O)C3(C)C)c1nnc(C)n1-2. The number of hydrogen-bond acceptors (Lipinski definition) is 7. The molecule has 3 saturated carbocycles. The van der Waals surface area contributed by atoms with E-state index in [4.69, 9.17) is 16.6 Å². The van der Waals surface area contributed by atoms with Gasteiger partial charge in [0.15, 0.2) is 5.82 Å². The molecule has 41 heavy (non-hydrogen) atoms. The lowest BCUT2D eigenvalue weighted by Crippen LogP contribution is -2.67. The number of carbonyl (C=O) groups excluding carboxylic acids is 1. The third-order valence-electron chi connectivity index (χ3n) is 9.97. The van der Waals surface area contributed by atoms with Crippen LogP contribution in [0.1, 0.15) is 85.2 Å². The first-order chi connectivity index (χ1) is 19.4. The number of aliphatic hydroxyl groups excluding tert-OH is 1. The van der Waals surface area contributed by atoms with E-state index in [1.807, 2.05) is 35.8 Å². The number of aromatic nitrogens is 3. The quantitative estimate of drug-likeness (QED) is 0.323. The van der Waals surface area contributed by atoms with Gasteiger partial charge < -0.3 is 15.5 Å². The molecule has 3 N–H and O–H groups in total. The first kappa shape index (κ1) is 28.5.